The normalized spacial score (nSPS) is 17.2. The van der Waals surface area contributed by atoms with Crippen LogP contribution in [-0.4, -0.2) is 11.9 Å². The Morgan fingerprint density at radius 2 is 1.83 bits per heavy atom. The van der Waals surface area contributed by atoms with Crippen LogP contribution in [0.15, 0.2) is 24.3 Å². The van der Waals surface area contributed by atoms with Crippen LogP contribution in [0, 0.1) is 0 Å². The Morgan fingerprint density at radius 1 is 1.17 bits per heavy atom. The highest BCUT2D eigenvalue weighted by Crippen LogP contribution is 2.26. The molecule has 1 saturated carbocycles. The van der Waals surface area contributed by atoms with Gasteiger partial charge in [0.05, 0.1) is 11.7 Å². The molecule has 2 rings (SSSR count). The molecule has 1 fully saturated rings. The van der Waals surface area contributed by atoms with E-state index >= 15 is 0 Å². The van der Waals surface area contributed by atoms with Gasteiger partial charge in [0.25, 0.3) is 0 Å². The van der Waals surface area contributed by atoms with Crippen molar-refractivity contribution in [2.75, 3.05) is 0 Å². The molecule has 1 aliphatic carbocycles. The molecule has 0 aliphatic heterocycles. The van der Waals surface area contributed by atoms with Crippen LogP contribution in [0.1, 0.15) is 62.2 Å². The monoisotopic (exact) mass is 246 g/mol. The van der Waals surface area contributed by atoms with Crippen molar-refractivity contribution in [2.45, 2.75) is 58.0 Å². The molecule has 0 spiro atoms. The van der Waals surface area contributed by atoms with Gasteiger partial charge in [-0.3, -0.25) is 4.79 Å². The molecule has 2 nitrogen and oxygen atoms in total. The van der Waals surface area contributed by atoms with Gasteiger partial charge < -0.3 is 4.74 Å². The van der Waals surface area contributed by atoms with Crippen LogP contribution in [0.25, 0.3) is 0 Å². The average Bonchev–Trinajstić information content (AvgIpc) is 2.67. The number of hydrogen-bond donors (Lipinski definition) is 0. The predicted molar refractivity (Wildman–Crippen MR) is 73.2 cm³/mol. The smallest absolute Gasteiger partial charge is 0.166 e. The summed E-state index contributed by atoms with van der Waals surface area (Å²) >= 11 is 0. The Kier molecular flexibility index (Phi) is 4.80. The quantitative estimate of drug-likeness (QED) is 0.582. The van der Waals surface area contributed by atoms with Crippen LogP contribution in [-0.2, 0) is 0 Å². The second kappa shape index (κ2) is 6.58. The first-order valence-corrected chi connectivity index (χ1v) is 7.10. The van der Waals surface area contributed by atoms with E-state index in [1.165, 1.54) is 25.7 Å². The molecule has 1 aromatic carbocycles. The fraction of sp³-hybridized carbons (Fsp3) is 0.562. The summed E-state index contributed by atoms with van der Waals surface area (Å²) in [6.07, 6.45) is 8.18. The molecule has 0 aromatic heterocycles. The highest BCUT2D eigenvalue weighted by Gasteiger charge is 2.17. The maximum Gasteiger partial charge on any atom is 0.166 e. The van der Waals surface area contributed by atoms with Crippen LogP contribution < -0.4 is 4.74 Å². The van der Waals surface area contributed by atoms with Gasteiger partial charge in [-0.1, -0.05) is 31.9 Å². The molecule has 0 saturated heterocycles. The second-order valence-electron chi connectivity index (χ2n) is 5.00. The van der Waals surface area contributed by atoms with E-state index < -0.39 is 0 Å². The van der Waals surface area contributed by atoms with Crippen LogP contribution in [0.5, 0.6) is 5.75 Å². The summed E-state index contributed by atoms with van der Waals surface area (Å²) in [5.74, 6) is 0.940. The lowest BCUT2D eigenvalue weighted by Gasteiger charge is -2.18. The van der Waals surface area contributed by atoms with Crippen molar-refractivity contribution >= 4 is 5.78 Å². The lowest BCUT2D eigenvalue weighted by atomic mass is 10.1. The second-order valence-corrected chi connectivity index (χ2v) is 5.00. The number of rotatable bonds is 4. The molecule has 0 heterocycles. The van der Waals surface area contributed by atoms with Gasteiger partial charge >= 0.3 is 0 Å². The van der Waals surface area contributed by atoms with Crippen molar-refractivity contribution in [3.05, 3.63) is 29.8 Å². The Hall–Kier alpha value is -1.31. The van der Waals surface area contributed by atoms with E-state index in [2.05, 4.69) is 0 Å². The van der Waals surface area contributed by atoms with Crippen molar-refractivity contribution in [2.24, 2.45) is 0 Å². The highest BCUT2D eigenvalue weighted by molar-refractivity contribution is 5.98. The Morgan fingerprint density at radius 3 is 2.50 bits per heavy atom. The number of Topliss-reactive ketones (excluding diaryl/α,β-unsaturated/α-hetero) is 1. The largest absolute Gasteiger partial charge is 0.490 e. The molecule has 0 atom stereocenters. The Bertz CT molecular complexity index is 390. The predicted octanol–water partition coefficient (Wildman–Crippen LogP) is 4.38. The fourth-order valence-electron chi connectivity index (χ4n) is 2.53. The minimum atomic E-state index is 0.166. The maximum absolute atomic E-state index is 11.9. The van der Waals surface area contributed by atoms with E-state index in [9.17, 15) is 4.79 Å². The molecule has 0 unspecified atom stereocenters. The molecule has 98 valence electrons. The van der Waals surface area contributed by atoms with Crippen LogP contribution >= 0.6 is 0 Å². The number of para-hydroxylation sites is 1. The summed E-state index contributed by atoms with van der Waals surface area (Å²) in [4.78, 5) is 11.9. The molecule has 18 heavy (non-hydrogen) atoms. The first-order chi connectivity index (χ1) is 8.81. The van der Waals surface area contributed by atoms with E-state index in [1.54, 1.807) is 0 Å². The van der Waals surface area contributed by atoms with Crippen molar-refractivity contribution < 1.29 is 9.53 Å². The van der Waals surface area contributed by atoms with Crippen molar-refractivity contribution in [1.82, 2.24) is 0 Å². The Labute approximate surface area is 109 Å². The lowest BCUT2D eigenvalue weighted by Crippen LogP contribution is -2.16. The van der Waals surface area contributed by atoms with Crippen LogP contribution in [0.2, 0.25) is 0 Å². The summed E-state index contributed by atoms with van der Waals surface area (Å²) in [6, 6.07) is 7.65. The summed E-state index contributed by atoms with van der Waals surface area (Å²) in [5.41, 5.74) is 0.740. The van der Waals surface area contributed by atoms with E-state index in [0.717, 1.165) is 24.2 Å². The third kappa shape index (κ3) is 3.34. The Balaban J connectivity index is 2.10. The summed E-state index contributed by atoms with van der Waals surface area (Å²) in [7, 11) is 0. The van der Waals surface area contributed by atoms with E-state index in [1.807, 2.05) is 31.2 Å². The first kappa shape index (κ1) is 13.1. The van der Waals surface area contributed by atoms with Crippen molar-refractivity contribution in [3.63, 3.8) is 0 Å². The highest BCUT2D eigenvalue weighted by atomic mass is 16.5. The van der Waals surface area contributed by atoms with Gasteiger partial charge in [-0.2, -0.15) is 0 Å². The van der Waals surface area contributed by atoms with Crippen LogP contribution in [0.3, 0.4) is 0 Å². The van der Waals surface area contributed by atoms with Gasteiger partial charge in [-0.25, -0.2) is 0 Å². The topological polar surface area (TPSA) is 26.3 Å². The third-order valence-corrected chi connectivity index (χ3v) is 3.60. The maximum atomic E-state index is 11.9. The van der Waals surface area contributed by atoms with Crippen molar-refractivity contribution in [3.8, 4) is 5.75 Å². The standard InChI is InChI=1S/C16H22O2/c1-2-15(17)14-11-7-8-12-16(14)18-13-9-5-3-4-6-10-13/h7-8,11-13H,2-6,9-10H2,1H3. The van der Waals surface area contributed by atoms with Gasteiger partial charge in [0.2, 0.25) is 0 Å². The molecule has 0 radical (unpaired) electrons. The average molecular weight is 246 g/mol. The molecule has 0 amide bonds. The summed E-state index contributed by atoms with van der Waals surface area (Å²) < 4.78 is 6.07. The number of carbonyl (C=O) groups is 1. The number of benzene rings is 1. The van der Waals surface area contributed by atoms with Gasteiger partial charge in [0, 0.05) is 6.42 Å². The lowest BCUT2D eigenvalue weighted by molar-refractivity contribution is 0.0979. The van der Waals surface area contributed by atoms with Gasteiger partial charge in [-0.15, -0.1) is 0 Å². The van der Waals surface area contributed by atoms with Gasteiger partial charge in [0.15, 0.2) is 5.78 Å². The number of ether oxygens (including phenoxy) is 1. The van der Waals surface area contributed by atoms with Crippen LogP contribution in [0.4, 0.5) is 0 Å². The number of hydrogen-bond acceptors (Lipinski definition) is 2. The number of ketones is 1. The third-order valence-electron chi connectivity index (χ3n) is 3.60. The van der Waals surface area contributed by atoms with Crippen molar-refractivity contribution in [1.29, 1.82) is 0 Å². The number of carbonyl (C=O) groups excluding carboxylic acids is 1. The van der Waals surface area contributed by atoms with Gasteiger partial charge in [-0.05, 0) is 37.8 Å². The zero-order chi connectivity index (χ0) is 12.8. The molecule has 2 heteroatoms. The summed E-state index contributed by atoms with van der Waals surface area (Å²) in [6.45, 7) is 1.89. The SMILES string of the molecule is CCC(=O)c1ccccc1OC1CCCCCC1. The van der Waals surface area contributed by atoms with E-state index in [0.29, 0.717) is 12.5 Å². The minimum Gasteiger partial charge on any atom is -0.490 e. The van der Waals surface area contributed by atoms with E-state index in [-0.39, 0.29) is 5.78 Å². The first-order valence-electron chi connectivity index (χ1n) is 7.10. The zero-order valence-corrected chi connectivity index (χ0v) is 11.2. The fourth-order valence-corrected chi connectivity index (χ4v) is 2.53. The zero-order valence-electron chi connectivity index (χ0n) is 11.2. The minimum absolute atomic E-state index is 0.166. The molecule has 1 aromatic rings. The molecule has 0 N–H and O–H groups in total. The van der Waals surface area contributed by atoms with Gasteiger partial charge in [0.1, 0.15) is 5.75 Å². The molecule has 1 aliphatic rings. The molecular weight excluding hydrogens is 224 g/mol. The molecular formula is C16H22O2. The summed E-state index contributed by atoms with van der Waals surface area (Å²) in [5, 5.41) is 0. The van der Waals surface area contributed by atoms with E-state index in [4.69, 9.17) is 4.74 Å². The molecule has 0 bridgehead atoms.